The standard InChI is InChI=1S/C19H21N3OS2/c1-13(2)12-23-16-7-4-6-15(10-16)11-20-22-19-21-18(14(3)25-19)17-8-5-9-24-17/h4-11,13H,12H2,1-3H3,(H,21,22)/b20-11-. The van der Waals surface area contributed by atoms with E-state index < -0.39 is 0 Å². The molecule has 0 atom stereocenters. The van der Waals surface area contributed by atoms with Crippen molar-refractivity contribution in [1.29, 1.82) is 0 Å². The molecule has 0 radical (unpaired) electrons. The van der Waals surface area contributed by atoms with Gasteiger partial charge in [-0.05, 0) is 42.0 Å². The van der Waals surface area contributed by atoms with Crippen molar-refractivity contribution in [3.63, 3.8) is 0 Å². The fraction of sp³-hybridized carbons (Fsp3) is 0.263. The molecule has 0 aliphatic rings. The minimum atomic E-state index is 0.504. The van der Waals surface area contributed by atoms with Crippen LogP contribution in [-0.4, -0.2) is 17.8 Å². The van der Waals surface area contributed by atoms with Gasteiger partial charge in [0.1, 0.15) is 5.75 Å². The van der Waals surface area contributed by atoms with E-state index in [1.54, 1.807) is 28.9 Å². The predicted octanol–water partition coefficient (Wildman–Crippen LogP) is 5.66. The largest absolute Gasteiger partial charge is 0.493 e. The smallest absolute Gasteiger partial charge is 0.204 e. The highest BCUT2D eigenvalue weighted by Crippen LogP contribution is 2.32. The fourth-order valence-electron chi connectivity index (χ4n) is 2.20. The Hall–Kier alpha value is -2.18. The Bertz CT molecular complexity index is 838. The van der Waals surface area contributed by atoms with Crippen molar-refractivity contribution < 1.29 is 4.74 Å². The van der Waals surface area contributed by atoms with Gasteiger partial charge in [0.05, 0.1) is 23.4 Å². The van der Waals surface area contributed by atoms with Gasteiger partial charge in [0.2, 0.25) is 5.13 Å². The molecule has 130 valence electrons. The Balaban J connectivity index is 1.64. The molecule has 0 spiro atoms. The first-order valence-corrected chi connectivity index (χ1v) is 9.84. The van der Waals surface area contributed by atoms with E-state index in [9.17, 15) is 0 Å². The molecule has 1 aromatic carbocycles. The predicted molar refractivity (Wildman–Crippen MR) is 108 cm³/mol. The van der Waals surface area contributed by atoms with E-state index in [1.165, 1.54) is 9.75 Å². The summed E-state index contributed by atoms with van der Waals surface area (Å²) in [7, 11) is 0. The van der Waals surface area contributed by atoms with Gasteiger partial charge < -0.3 is 4.74 Å². The molecule has 0 aliphatic heterocycles. The maximum atomic E-state index is 5.74. The summed E-state index contributed by atoms with van der Waals surface area (Å²) in [6.07, 6.45) is 1.78. The average Bonchev–Trinajstić information content (AvgIpc) is 3.23. The van der Waals surface area contributed by atoms with Gasteiger partial charge in [-0.25, -0.2) is 4.98 Å². The molecule has 0 bridgehead atoms. The van der Waals surface area contributed by atoms with Crippen molar-refractivity contribution in [2.45, 2.75) is 20.8 Å². The minimum absolute atomic E-state index is 0.504. The number of hydrogen-bond donors (Lipinski definition) is 1. The summed E-state index contributed by atoms with van der Waals surface area (Å²) in [5.41, 5.74) is 5.04. The van der Waals surface area contributed by atoms with Crippen LogP contribution in [0.1, 0.15) is 24.3 Å². The third-order valence-electron chi connectivity index (χ3n) is 3.37. The number of aryl methyl sites for hydroxylation is 1. The molecule has 0 saturated heterocycles. The molecule has 3 aromatic rings. The summed E-state index contributed by atoms with van der Waals surface area (Å²) in [6, 6.07) is 12.0. The van der Waals surface area contributed by atoms with Crippen molar-refractivity contribution in [1.82, 2.24) is 4.98 Å². The summed E-state index contributed by atoms with van der Waals surface area (Å²) in [5, 5.41) is 7.16. The first kappa shape index (κ1) is 17.6. The van der Waals surface area contributed by atoms with E-state index in [2.05, 4.69) is 47.7 Å². The number of aromatic nitrogens is 1. The third-order valence-corrected chi connectivity index (χ3v) is 5.12. The van der Waals surface area contributed by atoms with Crippen LogP contribution >= 0.6 is 22.7 Å². The lowest BCUT2D eigenvalue weighted by Crippen LogP contribution is -2.04. The zero-order valence-corrected chi connectivity index (χ0v) is 16.2. The maximum Gasteiger partial charge on any atom is 0.204 e. The van der Waals surface area contributed by atoms with Gasteiger partial charge in [-0.1, -0.05) is 32.0 Å². The molecule has 6 heteroatoms. The average molecular weight is 372 g/mol. The molecule has 1 N–H and O–H groups in total. The Kier molecular flexibility index (Phi) is 5.83. The SMILES string of the molecule is Cc1sc(N/N=C\c2cccc(OCC(C)C)c2)nc1-c1cccs1. The van der Waals surface area contributed by atoms with Crippen LogP contribution in [0.2, 0.25) is 0 Å². The van der Waals surface area contributed by atoms with Gasteiger partial charge in [0.25, 0.3) is 0 Å². The highest BCUT2D eigenvalue weighted by Gasteiger charge is 2.09. The normalized spacial score (nSPS) is 11.4. The Morgan fingerprint density at radius 2 is 2.16 bits per heavy atom. The first-order valence-electron chi connectivity index (χ1n) is 8.15. The van der Waals surface area contributed by atoms with E-state index in [1.807, 2.05) is 30.3 Å². The van der Waals surface area contributed by atoms with Crippen LogP contribution in [0.4, 0.5) is 5.13 Å². The maximum absolute atomic E-state index is 5.74. The highest BCUT2D eigenvalue weighted by molar-refractivity contribution is 7.17. The number of nitrogens with zero attached hydrogens (tertiary/aromatic N) is 2. The third kappa shape index (κ3) is 4.90. The van der Waals surface area contributed by atoms with Crippen molar-refractivity contribution in [2.75, 3.05) is 12.0 Å². The quantitative estimate of drug-likeness (QED) is 0.430. The van der Waals surface area contributed by atoms with Gasteiger partial charge in [-0.15, -0.1) is 22.7 Å². The number of ether oxygens (including phenoxy) is 1. The minimum Gasteiger partial charge on any atom is -0.493 e. The molecular formula is C19H21N3OS2. The van der Waals surface area contributed by atoms with Crippen molar-refractivity contribution in [2.24, 2.45) is 11.0 Å². The number of hydrazone groups is 1. The Morgan fingerprint density at radius 3 is 2.92 bits per heavy atom. The van der Waals surface area contributed by atoms with Gasteiger partial charge in [0, 0.05) is 4.88 Å². The van der Waals surface area contributed by atoms with Crippen LogP contribution in [-0.2, 0) is 0 Å². The van der Waals surface area contributed by atoms with Crippen LogP contribution in [0.15, 0.2) is 46.9 Å². The molecule has 0 amide bonds. The summed E-state index contributed by atoms with van der Waals surface area (Å²) in [5.74, 6) is 1.37. The lowest BCUT2D eigenvalue weighted by molar-refractivity contribution is 0.271. The lowest BCUT2D eigenvalue weighted by Gasteiger charge is -2.08. The molecule has 0 saturated carbocycles. The molecule has 3 rings (SSSR count). The second kappa shape index (κ2) is 8.27. The monoisotopic (exact) mass is 371 g/mol. The van der Waals surface area contributed by atoms with Crippen LogP contribution in [0.5, 0.6) is 5.75 Å². The van der Waals surface area contributed by atoms with Crippen LogP contribution in [0.3, 0.4) is 0 Å². The highest BCUT2D eigenvalue weighted by atomic mass is 32.1. The van der Waals surface area contributed by atoms with Crippen molar-refractivity contribution >= 4 is 34.0 Å². The van der Waals surface area contributed by atoms with Crippen molar-refractivity contribution in [3.05, 3.63) is 52.2 Å². The van der Waals surface area contributed by atoms with Crippen LogP contribution in [0, 0.1) is 12.8 Å². The summed E-state index contributed by atoms with van der Waals surface area (Å²) in [6.45, 7) is 7.06. The van der Waals surface area contributed by atoms with Gasteiger partial charge in [0.15, 0.2) is 0 Å². The molecule has 0 aliphatic carbocycles. The zero-order chi connectivity index (χ0) is 17.6. The number of thiophene rings is 1. The molecule has 0 unspecified atom stereocenters. The zero-order valence-electron chi connectivity index (χ0n) is 14.5. The van der Waals surface area contributed by atoms with E-state index >= 15 is 0 Å². The van der Waals surface area contributed by atoms with E-state index in [4.69, 9.17) is 4.74 Å². The van der Waals surface area contributed by atoms with E-state index in [0.717, 1.165) is 22.1 Å². The van der Waals surface area contributed by atoms with E-state index in [-0.39, 0.29) is 0 Å². The van der Waals surface area contributed by atoms with Gasteiger partial charge in [-0.2, -0.15) is 5.10 Å². The Morgan fingerprint density at radius 1 is 1.28 bits per heavy atom. The number of benzene rings is 1. The van der Waals surface area contributed by atoms with E-state index in [0.29, 0.717) is 12.5 Å². The number of nitrogens with one attached hydrogen (secondary N) is 1. The molecule has 0 fully saturated rings. The summed E-state index contributed by atoms with van der Waals surface area (Å²) >= 11 is 3.30. The van der Waals surface area contributed by atoms with Crippen molar-refractivity contribution in [3.8, 4) is 16.3 Å². The summed E-state index contributed by atoms with van der Waals surface area (Å²) in [4.78, 5) is 6.99. The lowest BCUT2D eigenvalue weighted by atomic mass is 10.2. The molecule has 2 aromatic heterocycles. The van der Waals surface area contributed by atoms with Gasteiger partial charge in [-0.3, -0.25) is 5.43 Å². The van der Waals surface area contributed by atoms with Gasteiger partial charge >= 0.3 is 0 Å². The molecule has 2 heterocycles. The number of anilines is 1. The number of hydrogen-bond acceptors (Lipinski definition) is 6. The second-order valence-electron chi connectivity index (χ2n) is 6.05. The number of thiazole rings is 1. The first-order chi connectivity index (χ1) is 12.1. The Labute approximate surface area is 156 Å². The molecule has 25 heavy (non-hydrogen) atoms. The molecule has 4 nitrogen and oxygen atoms in total. The fourth-order valence-corrected chi connectivity index (χ4v) is 3.81. The number of rotatable bonds is 7. The topological polar surface area (TPSA) is 46.5 Å². The summed E-state index contributed by atoms with van der Waals surface area (Å²) < 4.78 is 5.74. The second-order valence-corrected chi connectivity index (χ2v) is 8.20. The van der Waals surface area contributed by atoms with Crippen LogP contribution < -0.4 is 10.2 Å². The molecular weight excluding hydrogens is 350 g/mol. The van der Waals surface area contributed by atoms with Crippen LogP contribution in [0.25, 0.3) is 10.6 Å².